The van der Waals surface area contributed by atoms with E-state index in [0.717, 1.165) is 40.0 Å². The Bertz CT molecular complexity index is 804. The number of rotatable bonds is 4. The van der Waals surface area contributed by atoms with Crippen molar-refractivity contribution in [1.82, 2.24) is 14.6 Å². The Kier molecular flexibility index (Phi) is 3.58. The number of hydrogen-bond acceptors (Lipinski definition) is 5. The second-order valence-corrected chi connectivity index (χ2v) is 5.06. The maximum Gasteiger partial charge on any atom is 0.157 e. The number of anilines is 2. The Morgan fingerprint density at radius 2 is 1.64 bits per heavy atom. The van der Waals surface area contributed by atoms with Gasteiger partial charge < -0.3 is 14.8 Å². The van der Waals surface area contributed by atoms with Gasteiger partial charge in [0.1, 0.15) is 11.5 Å². The van der Waals surface area contributed by atoms with E-state index in [-0.39, 0.29) is 0 Å². The summed E-state index contributed by atoms with van der Waals surface area (Å²) >= 11 is 0. The van der Waals surface area contributed by atoms with Crippen molar-refractivity contribution in [2.24, 2.45) is 0 Å². The van der Waals surface area contributed by atoms with Crippen molar-refractivity contribution in [1.29, 1.82) is 0 Å². The van der Waals surface area contributed by atoms with Crippen LogP contribution in [-0.4, -0.2) is 28.8 Å². The molecule has 3 aromatic rings. The first-order valence-electron chi connectivity index (χ1n) is 6.93. The minimum atomic E-state index is 0.718. The number of benzene rings is 1. The third-order valence-corrected chi connectivity index (χ3v) is 3.36. The van der Waals surface area contributed by atoms with Crippen LogP contribution in [0.4, 0.5) is 11.5 Å². The molecule has 0 spiro atoms. The molecule has 114 valence electrons. The van der Waals surface area contributed by atoms with E-state index >= 15 is 0 Å². The van der Waals surface area contributed by atoms with Crippen LogP contribution in [0, 0.1) is 13.8 Å². The predicted octanol–water partition coefficient (Wildman–Crippen LogP) is 3.11. The van der Waals surface area contributed by atoms with Gasteiger partial charge in [0.25, 0.3) is 0 Å². The molecule has 0 atom stereocenters. The summed E-state index contributed by atoms with van der Waals surface area (Å²) in [6.07, 6.45) is 0. The summed E-state index contributed by atoms with van der Waals surface area (Å²) in [7, 11) is 3.25. The van der Waals surface area contributed by atoms with Gasteiger partial charge in [-0.3, -0.25) is 0 Å². The van der Waals surface area contributed by atoms with Crippen LogP contribution in [0.25, 0.3) is 5.65 Å². The van der Waals surface area contributed by atoms with Gasteiger partial charge in [-0.15, -0.1) is 5.10 Å². The van der Waals surface area contributed by atoms with Crippen LogP contribution < -0.4 is 14.8 Å². The van der Waals surface area contributed by atoms with Crippen LogP contribution in [0.2, 0.25) is 0 Å². The van der Waals surface area contributed by atoms with Crippen LogP contribution in [0.3, 0.4) is 0 Å². The highest BCUT2D eigenvalue weighted by Gasteiger charge is 2.08. The fourth-order valence-electron chi connectivity index (χ4n) is 2.38. The zero-order valence-electron chi connectivity index (χ0n) is 13.0. The summed E-state index contributed by atoms with van der Waals surface area (Å²) in [5.74, 6) is 2.16. The van der Waals surface area contributed by atoms with Crippen molar-refractivity contribution in [3.05, 3.63) is 41.7 Å². The monoisotopic (exact) mass is 298 g/mol. The number of aryl methyl sites for hydroxylation is 2. The maximum absolute atomic E-state index is 5.27. The fourth-order valence-corrected chi connectivity index (χ4v) is 2.38. The van der Waals surface area contributed by atoms with Gasteiger partial charge in [0, 0.05) is 41.3 Å². The molecule has 1 N–H and O–H groups in total. The molecule has 2 heterocycles. The molecule has 0 bridgehead atoms. The minimum Gasteiger partial charge on any atom is -0.497 e. The van der Waals surface area contributed by atoms with Crippen molar-refractivity contribution in [3.8, 4) is 11.5 Å². The molecule has 0 saturated carbocycles. The minimum absolute atomic E-state index is 0.718. The topological polar surface area (TPSA) is 60.7 Å². The molecule has 0 aliphatic carbocycles. The lowest BCUT2D eigenvalue weighted by Gasteiger charge is -2.08. The molecule has 22 heavy (non-hydrogen) atoms. The van der Waals surface area contributed by atoms with E-state index in [1.165, 1.54) is 0 Å². The van der Waals surface area contributed by atoms with Crippen molar-refractivity contribution in [2.45, 2.75) is 13.8 Å². The van der Waals surface area contributed by atoms with Gasteiger partial charge in [-0.2, -0.15) is 0 Å². The largest absolute Gasteiger partial charge is 0.497 e. The SMILES string of the molecule is COc1cc(Nc2cc3nc(C)cc(C)n3n2)cc(OC)c1. The Labute approximate surface area is 128 Å². The Balaban J connectivity index is 1.97. The van der Waals surface area contributed by atoms with E-state index in [9.17, 15) is 0 Å². The lowest BCUT2D eigenvalue weighted by atomic mass is 10.2. The summed E-state index contributed by atoms with van der Waals surface area (Å²) in [5, 5.41) is 7.78. The van der Waals surface area contributed by atoms with Gasteiger partial charge >= 0.3 is 0 Å². The number of nitrogens with one attached hydrogen (secondary N) is 1. The molecule has 0 aliphatic heterocycles. The van der Waals surface area contributed by atoms with E-state index < -0.39 is 0 Å². The number of fused-ring (bicyclic) bond motifs is 1. The molecule has 1 aromatic carbocycles. The molecular weight excluding hydrogens is 280 g/mol. The van der Waals surface area contributed by atoms with Crippen LogP contribution in [-0.2, 0) is 0 Å². The first kappa shape index (κ1) is 14.2. The summed E-state index contributed by atoms with van der Waals surface area (Å²) in [4.78, 5) is 4.48. The summed E-state index contributed by atoms with van der Waals surface area (Å²) in [6, 6.07) is 9.50. The average Bonchev–Trinajstić information content (AvgIpc) is 2.89. The van der Waals surface area contributed by atoms with Crippen LogP contribution >= 0.6 is 0 Å². The van der Waals surface area contributed by atoms with Crippen molar-refractivity contribution >= 4 is 17.2 Å². The van der Waals surface area contributed by atoms with Gasteiger partial charge in [0.15, 0.2) is 11.5 Å². The molecule has 0 unspecified atom stereocenters. The second kappa shape index (κ2) is 5.55. The third kappa shape index (κ3) is 2.67. The normalized spacial score (nSPS) is 10.7. The highest BCUT2D eigenvalue weighted by Crippen LogP contribution is 2.28. The van der Waals surface area contributed by atoms with Crippen LogP contribution in [0.15, 0.2) is 30.3 Å². The van der Waals surface area contributed by atoms with Crippen molar-refractivity contribution in [2.75, 3.05) is 19.5 Å². The maximum atomic E-state index is 5.27. The molecule has 0 aliphatic rings. The molecule has 6 heteroatoms. The lowest BCUT2D eigenvalue weighted by molar-refractivity contribution is 0.395. The van der Waals surface area contributed by atoms with Crippen molar-refractivity contribution < 1.29 is 9.47 Å². The van der Waals surface area contributed by atoms with E-state index in [0.29, 0.717) is 0 Å². The fraction of sp³-hybridized carbons (Fsp3) is 0.250. The van der Waals surface area contributed by atoms with E-state index in [1.54, 1.807) is 14.2 Å². The van der Waals surface area contributed by atoms with Crippen LogP contribution in [0.5, 0.6) is 11.5 Å². The molecule has 0 radical (unpaired) electrons. The van der Waals surface area contributed by atoms with Crippen molar-refractivity contribution in [3.63, 3.8) is 0 Å². The molecule has 6 nitrogen and oxygen atoms in total. The first-order valence-corrected chi connectivity index (χ1v) is 6.93. The van der Waals surface area contributed by atoms with Gasteiger partial charge in [-0.1, -0.05) is 0 Å². The van der Waals surface area contributed by atoms with Crippen LogP contribution in [0.1, 0.15) is 11.4 Å². The number of hydrogen-bond donors (Lipinski definition) is 1. The third-order valence-electron chi connectivity index (χ3n) is 3.36. The summed E-state index contributed by atoms with van der Waals surface area (Å²) < 4.78 is 12.4. The molecular formula is C16H18N4O2. The molecule has 0 saturated heterocycles. The zero-order chi connectivity index (χ0) is 15.7. The first-order chi connectivity index (χ1) is 10.6. The van der Waals surface area contributed by atoms with Gasteiger partial charge in [-0.05, 0) is 19.9 Å². The number of methoxy groups -OCH3 is 2. The molecule has 0 amide bonds. The Hall–Kier alpha value is -2.76. The van der Waals surface area contributed by atoms with E-state index in [1.807, 2.05) is 48.7 Å². The van der Waals surface area contributed by atoms with Gasteiger partial charge in [0.05, 0.1) is 14.2 Å². The van der Waals surface area contributed by atoms with Gasteiger partial charge in [-0.25, -0.2) is 9.50 Å². The van der Waals surface area contributed by atoms with E-state index in [4.69, 9.17) is 9.47 Å². The highest BCUT2D eigenvalue weighted by atomic mass is 16.5. The quantitative estimate of drug-likeness (QED) is 0.802. The number of ether oxygens (including phenoxy) is 2. The molecule has 3 rings (SSSR count). The second-order valence-electron chi connectivity index (χ2n) is 5.06. The summed E-state index contributed by atoms with van der Waals surface area (Å²) in [5.41, 5.74) is 3.67. The highest BCUT2D eigenvalue weighted by molar-refractivity contribution is 5.64. The lowest BCUT2D eigenvalue weighted by Crippen LogP contribution is -1.98. The predicted molar refractivity (Wildman–Crippen MR) is 85.3 cm³/mol. The number of nitrogens with zero attached hydrogens (tertiary/aromatic N) is 3. The molecule has 2 aromatic heterocycles. The average molecular weight is 298 g/mol. The number of aromatic nitrogens is 3. The van der Waals surface area contributed by atoms with E-state index in [2.05, 4.69) is 15.4 Å². The Morgan fingerprint density at radius 3 is 2.27 bits per heavy atom. The standard InChI is InChI=1S/C16H18N4O2/c1-10-5-11(2)20-16(17-10)9-15(19-20)18-12-6-13(21-3)8-14(7-12)22-4/h5-9H,1-4H3,(H,18,19). The summed E-state index contributed by atoms with van der Waals surface area (Å²) in [6.45, 7) is 3.98. The Morgan fingerprint density at radius 1 is 0.955 bits per heavy atom. The molecule has 0 fully saturated rings. The zero-order valence-corrected chi connectivity index (χ0v) is 13.0. The van der Waals surface area contributed by atoms with Gasteiger partial charge in [0.2, 0.25) is 0 Å². The smallest absolute Gasteiger partial charge is 0.157 e.